The highest BCUT2D eigenvalue weighted by molar-refractivity contribution is 5.95. The van der Waals surface area contributed by atoms with Gasteiger partial charge in [0.1, 0.15) is 11.3 Å². The molecular formula is C17H17N3O3. The zero-order valence-corrected chi connectivity index (χ0v) is 13.1. The number of benzene rings is 1. The van der Waals surface area contributed by atoms with Crippen molar-refractivity contribution < 1.29 is 13.7 Å². The van der Waals surface area contributed by atoms with Gasteiger partial charge in [-0.15, -0.1) is 0 Å². The minimum atomic E-state index is -0.0338. The first kappa shape index (κ1) is 14.0. The number of amides is 1. The fourth-order valence-electron chi connectivity index (χ4n) is 2.75. The van der Waals surface area contributed by atoms with Crippen LogP contribution >= 0.6 is 0 Å². The zero-order valence-electron chi connectivity index (χ0n) is 13.1. The molecule has 118 valence electrons. The van der Waals surface area contributed by atoms with E-state index in [0.717, 1.165) is 29.6 Å². The van der Waals surface area contributed by atoms with Crippen molar-refractivity contribution in [1.82, 2.24) is 10.1 Å². The highest BCUT2D eigenvalue weighted by atomic mass is 16.5. The second-order valence-electron chi connectivity index (χ2n) is 5.94. The van der Waals surface area contributed by atoms with Crippen molar-refractivity contribution >= 4 is 23.0 Å². The van der Waals surface area contributed by atoms with Crippen LogP contribution in [0.2, 0.25) is 0 Å². The van der Waals surface area contributed by atoms with E-state index in [1.165, 1.54) is 0 Å². The Balaban J connectivity index is 1.66. The van der Waals surface area contributed by atoms with E-state index in [1.54, 1.807) is 4.90 Å². The van der Waals surface area contributed by atoms with Crippen molar-refractivity contribution in [2.75, 3.05) is 4.90 Å². The molecule has 2 heterocycles. The molecule has 2 aromatic heterocycles. The van der Waals surface area contributed by atoms with Crippen LogP contribution in [0.3, 0.4) is 0 Å². The predicted molar refractivity (Wildman–Crippen MR) is 84.2 cm³/mol. The van der Waals surface area contributed by atoms with Gasteiger partial charge in [-0.25, -0.2) is 0 Å². The summed E-state index contributed by atoms with van der Waals surface area (Å²) < 4.78 is 10.9. The molecule has 0 unspecified atom stereocenters. The van der Waals surface area contributed by atoms with E-state index in [1.807, 2.05) is 38.1 Å². The van der Waals surface area contributed by atoms with E-state index in [2.05, 4.69) is 10.1 Å². The Labute approximate surface area is 133 Å². The molecule has 0 N–H and O–H groups in total. The van der Waals surface area contributed by atoms with Gasteiger partial charge in [-0.2, -0.15) is 4.98 Å². The number of aryl methyl sites for hydroxylation is 2. The van der Waals surface area contributed by atoms with Crippen LogP contribution in [0.25, 0.3) is 11.1 Å². The third-order valence-corrected chi connectivity index (χ3v) is 4.18. The first-order valence-corrected chi connectivity index (χ1v) is 7.73. The predicted octanol–water partition coefficient (Wildman–Crippen LogP) is 3.17. The fraction of sp³-hybridized carbons (Fsp3) is 0.353. The maximum Gasteiger partial charge on any atom is 0.305 e. The number of aromatic nitrogens is 2. The maximum atomic E-state index is 12.8. The van der Waals surface area contributed by atoms with Crippen LogP contribution in [-0.4, -0.2) is 22.1 Å². The number of hydrogen-bond acceptors (Lipinski definition) is 5. The number of rotatable bonds is 4. The Hall–Kier alpha value is -2.63. The van der Waals surface area contributed by atoms with E-state index in [9.17, 15) is 4.79 Å². The lowest BCUT2D eigenvalue weighted by Crippen LogP contribution is -2.34. The number of fused-ring (bicyclic) bond motifs is 1. The van der Waals surface area contributed by atoms with E-state index in [-0.39, 0.29) is 18.4 Å². The van der Waals surface area contributed by atoms with Crippen molar-refractivity contribution in [3.63, 3.8) is 0 Å². The molecule has 1 amide bonds. The molecule has 0 atom stereocenters. The minimum Gasteiger partial charge on any atom is -0.423 e. The molecule has 6 nitrogen and oxygen atoms in total. The molecule has 1 saturated carbocycles. The highest BCUT2D eigenvalue weighted by Crippen LogP contribution is 2.33. The molecule has 0 bridgehead atoms. The Bertz CT molecular complexity index is 824. The first-order valence-electron chi connectivity index (χ1n) is 7.73. The molecule has 0 saturated heterocycles. The quantitative estimate of drug-likeness (QED) is 0.740. The molecule has 1 aliphatic rings. The van der Waals surface area contributed by atoms with Crippen LogP contribution in [0, 0.1) is 13.8 Å². The summed E-state index contributed by atoms with van der Waals surface area (Å²) in [6.45, 7) is 3.67. The zero-order chi connectivity index (χ0) is 16.0. The lowest BCUT2D eigenvalue weighted by molar-refractivity contribution is -0.118. The Morgan fingerprint density at radius 2 is 2.09 bits per heavy atom. The second kappa shape index (κ2) is 5.22. The summed E-state index contributed by atoms with van der Waals surface area (Å²) in [6, 6.07) is 8.09. The lowest BCUT2D eigenvalue weighted by Gasteiger charge is -2.17. The van der Waals surface area contributed by atoms with E-state index >= 15 is 0 Å². The Kier molecular flexibility index (Phi) is 3.18. The van der Waals surface area contributed by atoms with Gasteiger partial charge in [0.2, 0.25) is 5.91 Å². The van der Waals surface area contributed by atoms with Crippen LogP contribution in [0.4, 0.5) is 6.01 Å². The van der Waals surface area contributed by atoms with Crippen molar-refractivity contribution in [2.24, 2.45) is 0 Å². The summed E-state index contributed by atoms with van der Waals surface area (Å²) in [7, 11) is 0. The molecule has 3 aromatic rings. The number of anilines is 1. The van der Waals surface area contributed by atoms with Crippen LogP contribution < -0.4 is 4.90 Å². The second-order valence-corrected chi connectivity index (χ2v) is 5.94. The van der Waals surface area contributed by atoms with Gasteiger partial charge in [0.15, 0.2) is 5.58 Å². The van der Waals surface area contributed by atoms with Crippen molar-refractivity contribution in [3.8, 4) is 0 Å². The monoisotopic (exact) mass is 311 g/mol. The maximum absolute atomic E-state index is 12.8. The topological polar surface area (TPSA) is 72.4 Å². The minimum absolute atomic E-state index is 0.0338. The van der Waals surface area contributed by atoms with Crippen molar-refractivity contribution in [3.05, 3.63) is 41.3 Å². The largest absolute Gasteiger partial charge is 0.423 e. The molecule has 0 radical (unpaired) electrons. The summed E-state index contributed by atoms with van der Waals surface area (Å²) >= 11 is 0. The van der Waals surface area contributed by atoms with Gasteiger partial charge in [0, 0.05) is 11.6 Å². The van der Waals surface area contributed by atoms with E-state index in [4.69, 9.17) is 8.94 Å². The third-order valence-electron chi connectivity index (χ3n) is 4.18. The number of carbonyl (C=O) groups is 1. The number of hydrogen-bond donors (Lipinski definition) is 0. The number of carbonyl (C=O) groups excluding carboxylic acids is 1. The molecule has 0 aliphatic heterocycles. The Morgan fingerprint density at radius 3 is 2.74 bits per heavy atom. The van der Waals surface area contributed by atoms with Crippen LogP contribution in [0.1, 0.15) is 29.9 Å². The molecule has 1 fully saturated rings. The summed E-state index contributed by atoms with van der Waals surface area (Å²) in [5.74, 6) is 0.651. The molecule has 4 rings (SSSR count). The number of para-hydroxylation sites is 2. The normalized spacial score (nSPS) is 14.3. The fourth-order valence-corrected chi connectivity index (χ4v) is 2.75. The average molecular weight is 311 g/mol. The summed E-state index contributed by atoms with van der Waals surface area (Å²) in [4.78, 5) is 19.0. The van der Waals surface area contributed by atoms with Crippen LogP contribution in [-0.2, 0) is 11.2 Å². The van der Waals surface area contributed by atoms with E-state index < -0.39 is 0 Å². The molecule has 1 aliphatic carbocycles. The standard InChI is InChI=1S/C17H17N3O3/c1-10-13(11(2)23-19-10)9-16(21)20(12-7-8-12)17-18-14-5-3-4-6-15(14)22-17/h3-6,12H,7-9H2,1-2H3. The van der Waals surface area contributed by atoms with Gasteiger partial charge in [-0.3, -0.25) is 9.69 Å². The van der Waals surface area contributed by atoms with Gasteiger partial charge in [0.05, 0.1) is 12.1 Å². The molecule has 6 heteroatoms. The van der Waals surface area contributed by atoms with Gasteiger partial charge in [-0.1, -0.05) is 17.3 Å². The number of oxazole rings is 1. The summed E-state index contributed by atoms with van der Waals surface area (Å²) in [5.41, 5.74) is 3.05. The third kappa shape index (κ3) is 2.50. The van der Waals surface area contributed by atoms with Crippen LogP contribution in [0.15, 0.2) is 33.2 Å². The van der Waals surface area contributed by atoms with Gasteiger partial charge in [-0.05, 0) is 38.8 Å². The highest BCUT2D eigenvalue weighted by Gasteiger charge is 2.37. The van der Waals surface area contributed by atoms with Gasteiger partial charge < -0.3 is 8.94 Å². The SMILES string of the molecule is Cc1noc(C)c1CC(=O)N(c1nc2ccccc2o1)C1CC1. The van der Waals surface area contributed by atoms with E-state index in [0.29, 0.717) is 17.4 Å². The number of nitrogens with zero attached hydrogens (tertiary/aromatic N) is 3. The lowest BCUT2D eigenvalue weighted by atomic mass is 10.1. The molecule has 0 spiro atoms. The van der Waals surface area contributed by atoms with Crippen LogP contribution in [0.5, 0.6) is 0 Å². The molecule has 1 aromatic carbocycles. The summed E-state index contributed by atoms with van der Waals surface area (Å²) in [5, 5.41) is 3.91. The van der Waals surface area contributed by atoms with Crippen molar-refractivity contribution in [1.29, 1.82) is 0 Å². The molecule has 23 heavy (non-hydrogen) atoms. The first-order chi connectivity index (χ1) is 11.1. The smallest absolute Gasteiger partial charge is 0.305 e. The Morgan fingerprint density at radius 1 is 1.30 bits per heavy atom. The van der Waals surface area contributed by atoms with Crippen molar-refractivity contribution in [2.45, 2.75) is 39.2 Å². The van der Waals surface area contributed by atoms with Gasteiger partial charge in [0.25, 0.3) is 0 Å². The van der Waals surface area contributed by atoms with Gasteiger partial charge >= 0.3 is 6.01 Å². The average Bonchev–Trinajstić information content (AvgIpc) is 3.19. The molecular weight excluding hydrogens is 294 g/mol. The summed E-state index contributed by atoms with van der Waals surface area (Å²) in [6.07, 6.45) is 2.20.